The largest absolute Gasteiger partial charge is 0.477 e. The second kappa shape index (κ2) is 6.40. The molecule has 0 aliphatic rings. The summed E-state index contributed by atoms with van der Waals surface area (Å²) >= 11 is 6.32. The van der Waals surface area contributed by atoms with Crippen LogP contribution in [0.2, 0.25) is 5.02 Å². The molecule has 3 rings (SSSR count). The summed E-state index contributed by atoms with van der Waals surface area (Å²) in [6.07, 6.45) is -0.917. The molecule has 1 aromatic heterocycles. The van der Waals surface area contributed by atoms with Crippen LogP contribution in [0.25, 0.3) is 11.0 Å². The van der Waals surface area contributed by atoms with Crippen molar-refractivity contribution in [1.29, 1.82) is 0 Å². The Hall–Kier alpha value is -2.37. The van der Waals surface area contributed by atoms with E-state index in [4.69, 9.17) is 21.1 Å². The first-order valence-electron chi connectivity index (χ1n) is 6.97. The number of methoxy groups -OCH3 is 2. The molecule has 1 N–H and O–H groups in total. The number of hydrogen-bond acceptors (Lipinski definition) is 5. The van der Waals surface area contributed by atoms with Gasteiger partial charge in [0.25, 0.3) is 11.8 Å². The van der Waals surface area contributed by atoms with E-state index >= 15 is 0 Å². The standard InChI is InChI=1S/C17H15ClN2O3/c1-22-16-17(23-2)20-14-12(19-16)9-8-11(18)13(14)15(21)10-6-4-3-5-7-10/h3-9,15,21H,1-2H3. The normalized spacial score (nSPS) is 12.2. The van der Waals surface area contributed by atoms with Crippen LogP contribution in [-0.4, -0.2) is 29.3 Å². The van der Waals surface area contributed by atoms with Gasteiger partial charge in [-0.3, -0.25) is 0 Å². The molecule has 0 aliphatic heterocycles. The van der Waals surface area contributed by atoms with Crippen LogP contribution in [0.3, 0.4) is 0 Å². The van der Waals surface area contributed by atoms with Crippen molar-refractivity contribution in [2.45, 2.75) is 6.10 Å². The number of rotatable bonds is 4. The number of nitrogens with zero attached hydrogens (tertiary/aromatic N) is 2. The molecule has 23 heavy (non-hydrogen) atoms. The third-order valence-corrected chi connectivity index (χ3v) is 3.87. The zero-order valence-electron chi connectivity index (χ0n) is 12.7. The molecule has 1 unspecified atom stereocenters. The van der Waals surface area contributed by atoms with Gasteiger partial charge in [-0.25, -0.2) is 9.97 Å². The molecule has 0 amide bonds. The number of aromatic nitrogens is 2. The summed E-state index contributed by atoms with van der Waals surface area (Å²) < 4.78 is 10.4. The molecule has 0 bridgehead atoms. The van der Waals surface area contributed by atoms with E-state index in [1.807, 2.05) is 30.3 Å². The maximum Gasteiger partial charge on any atom is 0.278 e. The van der Waals surface area contributed by atoms with Gasteiger partial charge in [-0.15, -0.1) is 0 Å². The van der Waals surface area contributed by atoms with Crippen LogP contribution >= 0.6 is 11.6 Å². The van der Waals surface area contributed by atoms with Crippen LogP contribution in [0.4, 0.5) is 0 Å². The Balaban J connectivity index is 2.25. The summed E-state index contributed by atoms with van der Waals surface area (Å²) in [5.41, 5.74) is 2.26. The van der Waals surface area contributed by atoms with Crippen molar-refractivity contribution in [3.8, 4) is 11.8 Å². The summed E-state index contributed by atoms with van der Waals surface area (Å²) in [5.74, 6) is 0.520. The van der Waals surface area contributed by atoms with Gasteiger partial charge in [0.05, 0.1) is 19.7 Å². The summed E-state index contributed by atoms with van der Waals surface area (Å²) in [5, 5.41) is 11.1. The smallest absolute Gasteiger partial charge is 0.278 e. The molecule has 0 aliphatic carbocycles. The van der Waals surface area contributed by atoms with Crippen LogP contribution in [0, 0.1) is 0 Å². The first-order valence-corrected chi connectivity index (χ1v) is 7.34. The van der Waals surface area contributed by atoms with E-state index in [-0.39, 0.29) is 11.8 Å². The topological polar surface area (TPSA) is 64.5 Å². The zero-order chi connectivity index (χ0) is 16.4. The Bertz CT molecular complexity index is 840. The van der Waals surface area contributed by atoms with Crippen molar-refractivity contribution in [2.75, 3.05) is 14.2 Å². The second-order valence-electron chi connectivity index (χ2n) is 4.88. The van der Waals surface area contributed by atoms with Gasteiger partial charge >= 0.3 is 0 Å². The predicted molar refractivity (Wildman–Crippen MR) is 88.2 cm³/mol. The van der Waals surface area contributed by atoms with Crippen LogP contribution < -0.4 is 9.47 Å². The summed E-state index contributed by atoms with van der Waals surface area (Å²) in [4.78, 5) is 8.78. The minimum atomic E-state index is -0.917. The van der Waals surface area contributed by atoms with Gasteiger partial charge in [0.2, 0.25) is 0 Å². The van der Waals surface area contributed by atoms with E-state index in [1.165, 1.54) is 14.2 Å². The third-order valence-electron chi connectivity index (χ3n) is 3.54. The molecular weight excluding hydrogens is 316 g/mol. The van der Waals surface area contributed by atoms with E-state index in [0.29, 0.717) is 21.6 Å². The molecule has 1 atom stereocenters. The maximum atomic E-state index is 10.7. The van der Waals surface area contributed by atoms with E-state index in [1.54, 1.807) is 12.1 Å². The Morgan fingerprint density at radius 3 is 2.26 bits per heavy atom. The third kappa shape index (κ3) is 2.81. The number of benzene rings is 2. The lowest BCUT2D eigenvalue weighted by Gasteiger charge is -2.16. The fourth-order valence-corrected chi connectivity index (χ4v) is 2.67. The minimum Gasteiger partial charge on any atom is -0.477 e. The molecule has 0 spiro atoms. The summed E-state index contributed by atoms with van der Waals surface area (Å²) in [7, 11) is 2.98. The number of aliphatic hydroxyl groups excluding tert-OH is 1. The fraction of sp³-hybridized carbons (Fsp3) is 0.176. The second-order valence-corrected chi connectivity index (χ2v) is 5.29. The van der Waals surface area contributed by atoms with E-state index in [0.717, 1.165) is 5.56 Å². The molecular formula is C17H15ClN2O3. The van der Waals surface area contributed by atoms with Gasteiger partial charge in [-0.2, -0.15) is 0 Å². The minimum absolute atomic E-state index is 0.240. The van der Waals surface area contributed by atoms with Crippen LogP contribution in [-0.2, 0) is 0 Å². The van der Waals surface area contributed by atoms with Gasteiger partial charge < -0.3 is 14.6 Å². The van der Waals surface area contributed by atoms with Crippen molar-refractivity contribution >= 4 is 22.6 Å². The molecule has 3 aromatic rings. The Morgan fingerprint density at radius 2 is 1.61 bits per heavy atom. The first kappa shape index (κ1) is 15.5. The van der Waals surface area contributed by atoms with Gasteiger partial charge in [0, 0.05) is 10.6 Å². The van der Waals surface area contributed by atoms with Crippen molar-refractivity contribution in [3.63, 3.8) is 0 Å². The van der Waals surface area contributed by atoms with Crippen molar-refractivity contribution in [2.24, 2.45) is 0 Å². The average Bonchev–Trinajstić information content (AvgIpc) is 2.60. The van der Waals surface area contributed by atoms with Gasteiger partial charge in [-0.05, 0) is 17.7 Å². The lowest BCUT2D eigenvalue weighted by atomic mass is 10.00. The fourth-order valence-electron chi connectivity index (χ4n) is 2.41. The molecule has 0 radical (unpaired) electrons. The Kier molecular flexibility index (Phi) is 4.32. The molecule has 118 valence electrons. The molecule has 0 saturated heterocycles. The first-order chi connectivity index (χ1) is 11.2. The van der Waals surface area contributed by atoms with Crippen molar-refractivity contribution < 1.29 is 14.6 Å². The van der Waals surface area contributed by atoms with E-state index in [2.05, 4.69) is 9.97 Å². The zero-order valence-corrected chi connectivity index (χ0v) is 13.4. The highest BCUT2D eigenvalue weighted by Gasteiger charge is 2.21. The lowest BCUT2D eigenvalue weighted by molar-refractivity contribution is 0.221. The highest BCUT2D eigenvalue weighted by atomic mass is 35.5. The van der Waals surface area contributed by atoms with E-state index < -0.39 is 6.10 Å². The van der Waals surface area contributed by atoms with Gasteiger partial charge in [-0.1, -0.05) is 41.9 Å². The average molecular weight is 331 g/mol. The number of ether oxygens (including phenoxy) is 2. The van der Waals surface area contributed by atoms with Gasteiger partial charge in [0.1, 0.15) is 11.6 Å². The number of halogens is 1. The van der Waals surface area contributed by atoms with Crippen molar-refractivity contribution in [3.05, 3.63) is 58.6 Å². The molecule has 6 heteroatoms. The van der Waals surface area contributed by atoms with Gasteiger partial charge in [0.15, 0.2) is 0 Å². The highest BCUT2D eigenvalue weighted by Crippen LogP contribution is 2.35. The van der Waals surface area contributed by atoms with Crippen LogP contribution in [0.5, 0.6) is 11.8 Å². The molecule has 0 fully saturated rings. The molecule has 1 heterocycles. The van der Waals surface area contributed by atoms with Crippen LogP contribution in [0.1, 0.15) is 17.2 Å². The quantitative estimate of drug-likeness (QED) is 0.794. The van der Waals surface area contributed by atoms with Crippen LogP contribution in [0.15, 0.2) is 42.5 Å². The SMILES string of the molecule is COc1nc2ccc(Cl)c(C(O)c3ccccc3)c2nc1OC. The Labute approximate surface area is 138 Å². The number of aliphatic hydroxyl groups is 1. The highest BCUT2D eigenvalue weighted by molar-refractivity contribution is 6.32. The molecule has 5 nitrogen and oxygen atoms in total. The number of fused-ring (bicyclic) bond motifs is 1. The predicted octanol–water partition coefficient (Wildman–Crippen LogP) is 3.38. The lowest BCUT2D eigenvalue weighted by Crippen LogP contribution is -2.05. The van der Waals surface area contributed by atoms with E-state index in [9.17, 15) is 5.11 Å². The molecule has 2 aromatic carbocycles. The molecule has 0 saturated carbocycles. The summed E-state index contributed by atoms with van der Waals surface area (Å²) in [6.45, 7) is 0. The number of hydrogen-bond donors (Lipinski definition) is 1. The Morgan fingerprint density at radius 1 is 0.957 bits per heavy atom. The summed E-state index contributed by atoms with van der Waals surface area (Å²) in [6, 6.07) is 12.7. The maximum absolute atomic E-state index is 10.7. The monoisotopic (exact) mass is 330 g/mol. The van der Waals surface area contributed by atoms with Crippen molar-refractivity contribution in [1.82, 2.24) is 9.97 Å².